The number of ether oxygens (including phenoxy) is 1. The second-order valence-corrected chi connectivity index (χ2v) is 5.22. The molecule has 1 aromatic carbocycles. The molecule has 0 spiro atoms. The van der Waals surface area contributed by atoms with E-state index in [9.17, 15) is 4.79 Å². The molecule has 0 saturated carbocycles. The predicted octanol–water partition coefficient (Wildman–Crippen LogP) is 3.44. The van der Waals surface area contributed by atoms with Gasteiger partial charge >= 0.3 is 5.97 Å². The van der Waals surface area contributed by atoms with Gasteiger partial charge in [-0.3, -0.25) is 0 Å². The first kappa shape index (κ1) is 13.2. The quantitative estimate of drug-likeness (QED) is 0.625. The lowest BCUT2D eigenvalue weighted by Gasteiger charge is -2.21. The summed E-state index contributed by atoms with van der Waals surface area (Å²) < 4.78 is 4.65. The molecule has 16 heavy (non-hydrogen) atoms. The molecule has 0 aromatic heterocycles. The highest BCUT2D eigenvalue weighted by atomic mass is 79.9. The van der Waals surface area contributed by atoms with Crippen LogP contribution in [0.25, 0.3) is 0 Å². The molecule has 3 heteroatoms. The highest BCUT2D eigenvalue weighted by molar-refractivity contribution is 9.09. The molecule has 0 aliphatic carbocycles. The van der Waals surface area contributed by atoms with E-state index < -0.39 is 0 Å². The van der Waals surface area contributed by atoms with Crippen LogP contribution >= 0.6 is 15.9 Å². The summed E-state index contributed by atoms with van der Waals surface area (Å²) in [7, 11) is 1.39. The van der Waals surface area contributed by atoms with Crippen LogP contribution in [0.5, 0.6) is 0 Å². The zero-order chi connectivity index (χ0) is 12.2. The predicted molar refractivity (Wildman–Crippen MR) is 69.1 cm³/mol. The molecule has 2 nitrogen and oxygen atoms in total. The van der Waals surface area contributed by atoms with Crippen molar-refractivity contribution in [2.24, 2.45) is 5.41 Å². The van der Waals surface area contributed by atoms with Crippen LogP contribution < -0.4 is 0 Å². The molecule has 0 aliphatic rings. The van der Waals surface area contributed by atoms with Crippen molar-refractivity contribution < 1.29 is 9.53 Å². The van der Waals surface area contributed by atoms with E-state index in [-0.39, 0.29) is 11.4 Å². The van der Waals surface area contributed by atoms with E-state index in [1.807, 2.05) is 24.3 Å². The lowest BCUT2D eigenvalue weighted by atomic mass is 9.88. The number of carbonyl (C=O) groups is 1. The largest absolute Gasteiger partial charge is 0.465 e. The van der Waals surface area contributed by atoms with Crippen LogP contribution in [0.1, 0.15) is 29.8 Å². The minimum Gasteiger partial charge on any atom is -0.465 e. The van der Waals surface area contributed by atoms with Crippen molar-refractivity contribution in [2.75, 3.05) is 12.4 Å². The van der Waals surface area contributed by atoms with Crippen molar-refractivity contribution >= 4 is 21.9 Å². The van der Waals surface area contributed by atoms with Crippen molar-refractivity contribution in [1.29, 1.82) is 0 Å². The Labute approximate surface area is 105 Å². The summed E-state index contributed by atoms with van der Waals surface area (Å²) >= 11 is 3.50. The molecular formula is C13H17BrO2. The molecule has 1 rings (SSSR count). The van der Waals surface area contributed by atoms with Gasteiger partial charge in [-0.15, -0.1) is 0 Å². The van der Waals surface area contributed by atoms with Crippen LogP contribution in [0, 0.1) is 5.41 Å². The van der Waals surface area contributed by atoms with E-state index in [1.165, 1.54) is 12.7 Å². The van der Waals surface area contributed by atoms with E-state index in [0.29, 0.717) is 5.56 Å². The van der Waals surface area contributed by atoms with Crippen molar-refractivity contribution in [1.82, 2.24) is 0 Å². The fraction of sp³-hybridized carbons (Fsp3) is 0.462. The Hall–Kier alpha value is -0.830. The van der Waals surface area contributed by atoms with E-state index in [2.05, 4.69) is 34.5 Å². The maximum atomic E-state index is 11.2. The van der Waals surface area contributed by atoms with Crippen molar-refractivity contribution in [3.05, 3.63) is 35.4 Å². The topological polar surface area (TPSA) is 26.3 Å². The normalized spacial score (nSPS) is 11.2. The average Bonchev–Trinajstić information content (AvgIpc) is 2.28. The summed E-state index contributed by atoms with van der Waals surface area (Å²) in [5.41, 5.74) is 2.06. The van der Waals surface area contributed by atoms with E-state index in [4.69, 9.17) is 0 Å². The number of carbonyl (C=O) groups excluding carboxylic acids is 1. The molecule has 0 heterocycles. The van der Waals surface area contributed by atoms with E-state index in [0.717, 1.165) is 11.8 Å². The number of hydrogen-bond acceptors (Lipinski definition) is 2. The third-order valence-corrected chi connectivity index (χ3v) is 3.94. The van der Waals surface area contributed by atoms with Gasteiger partial charge in [0.05, 0.1) is 12.7 Å². The maximum Gasteiger partial charge on any atom is 0.337 e. The Morgan fingerprint density at radius 2 is 1.88 bits per heavy atom. The summed E-state index contributed by atoms with van der Waals surface area (Å²) in [6.45, 7) is 4.41. The lowest BCUT2D eigenvalue weighted by molar-refractivity contribution is 0.0600. The van der Waals surface area contributed by atoms with Crippen molar-refractivity contribution in [2.45, 2.75) is 20.3 Å². The Kier molecular flexibility index (Phi) is 4.54. The highest BCUT2D eigenvalue weighted by Gasteiger charge is 2.16. The van der Waals surface area contributed by atoms with Gasteiger partial charge in [-0.2, -0.15) is 0 Å². The van der Waals surface area contributed by atoms with Gasteiger partial charge in [0, 0.05) is 5.33 Å². The molecule has 0 bridgehead atoms. The van der Waals surface area contributed by atoms with Crippen molar-refractivity contribution in [3.8, 4) is 0 Å². The first-order valence-corrected chi connectivity index (χ1v) is 6.34. The van der Waals surface area contributed by atoms with Gasteiger partial charge in [-0.05, 0) is 29.5 Å². The van der Waals surface area contributed by atoms with Crippen LogP contribution in [0.15, 0.2) is 24.3 Å². The zero-order valence-electron chi connectivity index (χ0n) is 9.92. The molecule has 0 unspecified atom stereocenters. The summed E-state index contributed by atoms with van der Waals surface area (Å²) in [6, 6.07) is 7.59. The first-order valence-electron chi connectivity index (χ1n) is 5.22. The fourth-order valence-electron chi connectivity index (χ4n) is 1.48. The number of methoxy groups -OCH3 is 1. The van der Waals surface area contributed by atoms with Gasteiger partial charge in [-0.1, -0.05) is 41.9 Å². The molecule has 1 aromatic rings. The third-order valence-electron chi connectivity index (χ3n) is 2.42. The van der Waals surface area contributed by atoms with Gasteiger partial charge in [0.25, 0.3) is 0 Å². The summed E-state index contributed by atoms with van der Waals surface area (Å²) in [4.78, 5) is 11.2. The average molecular weight is 285 g/mol. The summed E-state index contributed by atoms with van der Waals surface area (Å²) in [5.74, 6) is -0.286. The molecule has 0 amide bonds. The number of halogens is 1. The monoisotopic (exact) mass is 284 g/mol. The van der Waals surface area contributed by atoms with Gasteiger partial charge in [0.15, 0.2) is 0 Å². The number of esters is 1. The van der Waals surface area contributed by atoms with Gasteiger partial charge in [-0.25, -0.2) is 4.79 Å². The Morgan fingerprint density at radius 1 is 1.31 bits per heavy atom. The maximum absolute atomic E-state index is 11.2. The number of benzene rings is 1. The fourth-order valence-corrected chi connectivity index (χ4v) is 1.67. The minimum atomic E-state index is -0.286. The number of alkyl halides is 1. The van der Waals surface area contributed by atoms with Crippen LogP contribution in [0.2, 0.25) is 0 Å². The standard InChI is InChI=1S/C13H17BrO2/c1-13(2,9-14)8-10-4-6-11(7-5-10)12(15)16-3/h4-7H,8-9H2,1-3H3. The lowest BCUT2D eigenvalue weighted by Crippen LogP contribution is -2.16. The first-order chi connectivity index (χ1) is 7.48. The smallest absolute Gasteiger partial charge is 0.337 e. The zero-order valence-corrected chi connectivity index (χ0v) is 11.5. The van der Waals surface area contributed by atoms with Gasteiger partial charge in [0.1, 0.15) is 0 Å². The van der Waals surface area contributed by atoms with E-state index in [1.54, 1.807) is 0 Å². The second kappa shape index (κ2) is 5.48. The Morgan fingerprint density at radius 3 is 2.31 bits per heavy atom. The third kappa shape index (κ3) is 3.63. The molecule has 0 aliphatic heterocycles. The number of hydrogen-bond donors (Lipinski definition) is 0. The Bertz CT molecular complexity index is 355. The molecule has 0 fully saturated rings. The molecular weight excluding hydrogens is 268 g/mol. The van der Waals surface area contributed by atoms with Crippen LogP contribution in [-0.2, 0) is 11.2 Å². The van der Waals surface area contributed by atoms with Crippen LogP contribution in [0.4, 0.5) is 0 Å². The van der Waals surface area contributed by atoms with E-state index >= 15 is 0 Å². The highest BCUT2D eigenvalue weighted by Crippen LogP contribution is 2.24. The molecule has 0 N–H and O–H groups in total. The second-order valence-electron chi connectivity index (χ2n) is 4.66. The van der Waals surface area contributed by atoms with Gasteiger partial charge in [0.2, 0.25) is 0 Å². The molecule has 0 radical (unpaired) electrons. The van der Waals surface area contributed by atoms with Crippen molar-refractivity contribution in [3.63, 3.8) is 0 Å². The molecule has 0 atom stereocenters. The van der Waals surface area contributed by atoms with Crippen LogP contribution in [-0.4, -0.2) is 18.4 Å². The molecule has 0 saturated heterocycles. The minimum absolute atomic E-state index is 0.229. The Balaban J connectivity index is 2.76. The summed E-state index contributed by atoms with van der Waals surface area (Å²) in [5, 5.41) is 0.957. The summed E-state index contributed by atoms with van der Waals surface area (Å²) in [6.07, 6.45) is 0.986. The van der Waals surface area contributed by atoms with Gasteiger partial charge < -0.3 is 4.74 Å². The number of rotatable bonds is 4. The van der Waals surface area contributed by atoms with Crippen LogP contribution in [0.3, 0.4) is 0 Å². The SMILES string of the molecule is COC(=O)c1ccc(CC(C)(C)CBr)cc1. The molecule has 88 valence electrons.